The SMILES string of the molecule is C/C=C/C[C@@H]1/C=C(\C)C[C@H](C)C[C@H](OC)C2O[C@@](C)(C(=O)C(=O)N3CCCCC3C(O)O[C@H](/C(C)=C/[C@@H]3CC[C@@H](O)[C@H](OC)C3)[C@H](C)[C@@H](O)CC1=O)[C@H](C)C[C@@H]2OC. The van der Waals surface area contributed by atoms with E-state index in [1.807, 2.05) is 52.8 Å². The lowest BCUT2D eigenvalue weighted by atomic mass is 9.76. The Balaban J connectivity index is 1.78. The summed E-state index contributed by atoms with van der Waals surface area (Å²) in [6.07, 6.45) is 8.01. The molecule has 3 fully saturated rings. The highest BCUT2D eigenvalue weighted by Crippen LogP contribution is 2.40. The van der Waals surface area contributed by atoms with Crippen LogP contribution in [0.15, 0.2) is 35.5 Å². The first-order valence-electron chi connectivity index (χ1n) is 21.8. The predicted octanol–water partition coefficient (Wildman–Crippen LogP) is 5.89. The molecule has 3 unspecified atom stereocenters. The zero-order chi connectivity index (χ0) is 42.9. The van der Waals surface area contributed by atoms with Crippen molar-refractivity contribution in [3.63, 3.8) is 0 Å². The van der Waals surface area contributed by atoms with Crippen LogP contribution in [0.2, 0.25) is 0 Å². The van der Waals surface area contributed by atoms with Gasteiger partial charge in [-0.15, -0.1) is 0 Å². The number of piperidine rings is 1. The molecule has 4 aliphatic rings. The highest BCUT2D eigenvalue weighted by molar-refractivity contribution is 6.39. The molecule has 1 saturated carbocycles. The summed E-state index contributed by atoms with van der Waals surface area (Å²) in [4.78, 5) is 44.5. The van der Waals surface area contributed by atoms with Crippen molar-refractivity contribution in [2.24, 2.45) is 29.6 Å². The zero-order valence-corrected chi connectivity index (χ0v) is 36.9. The Labute approximate surface area is 347 Å². The first-order chi connectivity index (χ1) is 27.5. The Kier molecular flexibility index (Phi) is 18.3. The Morgan fingerprint density at radius 2 is 1.59 bits per heavy atom. The van der Waals surface area contributed by atoms with E-state index in [4.69, 9.17) is 23.7 Å². The normalized spacial score (nSPS) is 42.1. The number of hydrogen-bond acceptors (Lipinski definition) is 11. The largest absolute Gasteiger partial charge is 0.392 e. The van der Waals surface area contributed by atoms with Crippen LogP contribution in [0, 0.1) is 29.6 Å². The van der Waals surface area contributed by atoms with Crippen molar-refractivity contribution in [1.29, 1.82) is 0 Å². The standard InChI is InChI=1S/C46H75NO11/c1-11-12-15-33-21-27(2)20-28(3)22-39(55-9)42-40(56-10)24-30(5)46(7,58-42)43(51)44(52)47-19-14-13-16-34(47)45(53)57-41(31(6)36(49)26-37(33)50)29(4)23-32-17-18-35(48)38(25-32)54-8/h11-12,21,23,28,30-36,38-42,45,48-49,53H,13-20,22,24-26H2,1-10H3/b12-11+,27-21+,29-23+/t28-,30+,31+,32-,33+,34?,35+,36-,38+,39-,40-,41+,42?,45?,46+/m0/s1. The molecule has 58 heavy (non-hydrogen) atoms. The van der Waals surface area contributed by atoms with E-state index in [1.54, 1.807) is 28.3 Å². The van der Waals surface area contributed by atoms with Gasteiger partial charge in [0.2, 0.25) is 0 Å². The number of aliphatic hydroxyl groups excluding tert-OH is 3. The van der Waals surface area contributed by atoms with Gasteiger partial charge in [0.25, 0.3) is 11.7 Å². The maximum atomic E-state index is 14.5. The number of ketones is 2. The van der Waals surface area contributed by atoms with Crippen LogP contribution in [0.5, 0.6) is 0 Å². The fourth-order valence-corrected chi connectivity index (χ4v) is 9.88. The molecule has 2 saturated heterocycles. The molecule has 15 atom stereocenters. The van der Waals surface area contributed by atoms with Crippen molar-refractivity contribution in [3.05, 3.63) is 35.5 Å². The first kappa shape index (κ1) is 48.4. The van der Waals surface area contributed by atoms with Crippen molar-refractivity contribution in [2.75, 3.05) is 27.9 Å². The van der Waals surface area contributed by atoms with Gasteiger partial charge in [0, 0.05) is 46.1 Å². The average molecular weight is 818 g/mol. The third-order valence-corrected chi connectivity index (χ3v) is 13.7. The molecular formula is C46H75NO11. The monoisotopic (exact) mass is 818 g/mol. The van der Waals surface area contributed by atoms with Crippen molar-refractivity contribution >= 4 is 17.5 Å². The number of Topliss-reactive ketones (excluding diaryl/α,β-unsaturated/α-hetero) is 2. The van der Waals surface area contributed by atoms with Gasteiger partial charge in [-0.2, -0.15) is 0 Å². The summed E-state index contributed by atoms with van der Waals surface area (Å²) >= 11 is 0. The minimum Gasteiger partial charge on any atom is -0.392 e. The van der Waals surface area contributed by atoms with Gasteiger partial charge in [-0.05, 0) is 115 Å². The van der Waals surface area contributed by atoms with E-state index in [-0.39, 0.29) is 48.7 Å². The molecule has 1 amide bonds. The third-order valence-electron chi connectivity index (χ3n) is 13.7. The van der Waals surface area contributed by atoms with Crippen LogP contribution in [0.3, 0.4) is 0 Å². The smallest absolute Gasteiger partial charge is 0.293 e. The summed E-state index contributed by atoms with van der Waals surface area (Å²) in [6.45, 7) is 13.6. The van der Waals surface area contributed by atoms with Gasteiger partial charge in [-0.1, -0.05) is 50.6 Å². The molecule has 0 aromatic heterocycles. The van der Waals surface area contributed by atoms with Gasteiger partial charge in [-0.25, -0.2) is 0 Å². The van der Waals surface area contributed by atoms with Crippen molar-refractivity contribution in [2.45, 2.75) is 180 Å². The number of nitrogens with zero attached hydrogens (tertiary/aromatic N) is 1. The second kappa shape index (κ2) is 22.0. The number of hydrogen-bond donors (Lipinski definition) is 3. The zero-order valence-electron chi connectivity index (χ0n) is 36.9. The molecule has 3 heterocycles. The third kappa shape index (κ3) is 11.7. The van der Waals surface area contributed by atoms with E-state index in [0.717, 1.165) is 17.6 Å². The number of carbonyl (C=O) groups is 3. The van der Waals surface area contributed by atoms with E-state index < -0.39 is 72.0 Å². The van der Waals surface area contributed by atoms with Gasteiger partial charge in [0.05, 0.1) is 42.7 Å². The Bertz CT molecular complexity index is 1460. The molecule has 12 heteroatoms. The molecule has 3 N–H and O–H groups in total. The summed E-state index contributed by atoms with van der Waals surface area (Å²) in [5, 5.41) is 34.3. The van der Waals surface area contributed by atoms with Crippen molar-refractivity contribution in [1.82, 2.24) is 4.90 Å². The predicted molar refractivity (Wildman–Crippen MR) is 222 cm³/mol. The summed E-state index contributed by atoms with van der Waals surface area (Å²) in [7, 11) is 4.84. The molecular weight excluding hydrogens is 743 g/mol. The summed E-state index contributed by atoms with van der Waals surface area (Å²) in [5.74, 6) is -2.79. The number of methoxy groups -OCH3 is 3. The molecule has 330 valence electrons. The van der Waals surface area contributed by atoms with Crippen LogP contribution in [-0.2, 0) is 38.1 Å². The molecule has 1 aliphatic carbocycles. The highest BCUT2D eigenvalue weighted by atomic mass is 16.6. The van der Waals surface area contributed by atoms with Crippen LogP contribution in [0.1, 0.15) is 119 Å². The molecule has 0 radical (unpaired) electrons. The minimum atomic E-state index is -1.50. The Hall–Kier alpha value is -2.29. The van der Waals surface area contributed by atoms with Gasteiger partial charge < -0.3 is 43.9 Å². The summed E-state index contributed by atoms with van der Waals surface area (Å²) in [5.41, 5.74) is 0.321. The average Bonchev–Trinajstić information content (AvgIpc) is 3.20. The first-order valence-corrected chi connectivity index (χ1v) is 21.8. The van der Waals surface area contributed by atoms with Crippen molar-refractivity contribution in [3.8, 4) is 0 Å². The van der Waals surface area contributed by atoms with Gasteiger partial charge in [-0.3, -0.25) is 14.4 Å². The van der Waals surface area contributed by atoms with E-state index in [0.29, 0.717) is 57.8 Å². The minimum absolute atomic E-state index is 0.0498. The van der Waals surface area contributed by atoms with Crippen LogP contribution < -0.4 is 0 Å². The van der Waals surface area contributed by atoms with Gasteiger partial charge in [0.15, 0.2) is 6.29 Å². The number of fused-ring (bicyclic) bond motifs is 3. The van der Waals surface area contributed by atoms with E-state index in [2.05, 4.69) is 13.0 Å². The molecule has 4 rings (SSSR count). The quantitative estimate of drug-likeness (QED) is 0.208. The number of amides is 1. The van der Waals surface area contributed by atoms with Crippen LogP contribution in [-0.4, -0.2) is 126 Å². The fourth-order valence-electron chi connectivity index (χ4n) is 9.88. The highest BCUT2D eigenvalue weighted by Gasteiger charge is 2.54. The van der Waals surface area contributed by atoms with E-state index >= 15 is 0 Å². The van der Waals surface area contributed by atoms with E-state index in [9.17, 15) is 29.7 Å². The van der Waals surface area contributed by atoms with Crippen molar-refractivity contribution < 1.29 is 53.4 Å². The number of carbonyl (C=O) groups excluding carboxylic acids is 3. The number of allylic oxidation sites excluding steroid dienone is 5. The molecule has 12 nitrogen and oxygen atoms in total. The second-order valence-corrected chi connectivity index (χ2v) is 18.1. The lowest BCUT2D eigenvalue weighted by molar-refractivity contribution is -0.230. The van der Waals surface area contributed by atoms with Gasteiger partial charge in [0.1, 0.15) is 17.5 Å². The molecule has 0 aromatic rings. The number of aliphatic hydroxyl groups is 3. The second-order valence-electron chi connectivity index (χ2n) is 18.1. The maximum Gasteiger partial charge on any atom is 0.293 e. The van der Waals surface area contributed by atoms with E-state index in [1.165, 1.54) is 4.90 Å². The summed E-state index contributed by atoms with van der Waals surface area (Å²) < 4.78 is 30.8. The number of rotatable bonds is 7. The molecule has 0 spiro atoms. The topological polar surface area (TPSA) is 161 Å². The fraction of sp³-hybridized carbons (Fsp3) is 0.804. The van der Waals surface area contributed by atoms with Gasteiger partial charge >= 0.3 is 0 Å². The molecule has 3 aliphatic heterocycles. The Morgan fingerprint density at radius 1 is 0.914 bits per heavy atom. The number of ether oxygens (including phenoxy) is 5. The van der Waals surface area contributed by atoms with Crippen LogP contribution in [0.25, 0.3) is 0 Å². The lowest BCUT2D eigenvalue weighted by Crippen LogP contribution is -2.63. The molecule has 0 aromatic carbocycles. The molecule has 2 bridgehead atoms. The lowest BCUT2D eigenvalue weighted by Gasteiger charge is -2.48. The Morgan fingerprint density at radius 3 is 2.24 bits per heavy atom. The van der Waals surface area contributed by atoms with Crippen LogP contribution >= 0.6 is 0 Å². The maximum absolute atomic E-state index is 14.5. The summed E-state index contributed by atoms with van der Waals surface area (Å²) in [6, 6.07) is -0.834. The van der Waals surface area contributed by atoms with Crippen LogP contribution in [0.4, 0.5) is 0 Å².